The number of primary sulfonamides is 1. The molecule has 2 aromatic carbocycles. The molecule has 0 amide bonds. The summed E-state index contributed by atoms with van der Waals surface area (Å²) in [6, 6.07) is 15.6. The highest BCUT2D eigenvalue weighted by Crippen LogP contribution is 2.23. The first-order chi connectivity index (χ1) is 14.8. The number of aliphatic hydroxyl groups excluding tert-OH is 1. The van der Waals surface area contributed by atoms with Crippen molar-refractivity contribution < 1.29 is 17.9 Å². The van der Waals surface area contributed by atoms with E-state index in [1.807, 2.05) is 35.2 Å². The number of benzene rings is 2. The summed E-state index contributed by atoms with van der Waals surface area (Å²) in [6.07, 6.45) is -0.169. The number of hydrogen-bond donors (Lipinski definition) is 2. The SMILES string of the molecule is NS(=O)(=O)c1ccc(-n2nc(CN3C[C@@H](F)C[C@H]3CO)nc2Cc2ccccc2)cc1. The van der Waals surface area contributed by atoms with Crippen molar-refractivity contribution in [2.75, 3.05) is 13.2 Å². The second-order valence-corrected chi connectivity index (χ2v) is 9.22. The molecule has 0 bridgehead atoms. The molecule has 1 saturated heterocycles. The summed E-state index contributed by atoms with van der Waals surface area (Å²) in [7, 11) is -3.80. The van der Waals surface area contributed by atoms with E-state index in [-0.39, 0.29) is 24.1 Å². The second-order valence-electron chi connectivity index (χ2n) is 7.66. The normalized spacial score (nSPS) is 19.7. The van der Waals surface area contributed by atoms with Crippen molar-refractivity contribution in [3.63, 3.8) is 0 Å². The van der Waals surface area contributed by atoms with Gasteiger partial charge >= 0.3 is 0 Å². The van der Waals surface area contributed by atoms with E-state index in [0.717, 1.165) is 5.56 Å². The fraction of sp³-hybridized carbons (Fsp3) is 0.333. The van der Waals surface area contributed by atoms with Crippen molar-refractivity contribution >= 4 is 10.0 Å². The van der Waals surface area contributed by atoms with Gasteiger partial charge in [-0.15, -0.1) is 5.10 Å². The number of nitrogens with two attached hydrogens (primary N) is 1. The molecule has 0 aliphatic carbocycles. The standard InChI is InChI=1S/C21H24FN5O3S/c22-16-11-18(14-28)26(12-16)13-20-24-21(10-15-4-2-1-3-5-15)27(25-20)17-6-8-19(9-7-17)31(23,29)30/h1-9,16,18,28H,10-14H2,(H2,23,29,30)/t16-,18-/m0/s1. The molecule has 2 heterocycles. The van der Waals surface area contributed by atoms with E-state index in [2.05, 4.69) is 10.1 Å². The van der Waals surface area contributed by atoms with Gasteiger partial charge in [0.25, 0.3) is 0 Å². The summed E-state index contributed by atoms with van der Waals surface area (Å²) in [6.45, 7) is 0.430. The lowest BCUT2D eigenvalue weighted by molar-refractivity contribution is 0.150. The third-order valence-electron chi connectivity index (χ3n) is 5.37. The van der Waals surface area contributed by atoms with Crippen molar-refractivity contribution in [2.24, 2.45) is 5.14 Å². The fourth-order valence-electron chi connectivity index (χ4n) is 3.82. The van der Waals surface area contributed by atoms with E-state index >= 15 is 0 Å². The van der Waals surface area contributed by atoms with Crippen molar-refractivity contribution in [2.45, 2.75) is 36.5 Å². The fourth-order valence-corrected chi connectivity index (χ4v) is 4.34. The molecule has 3 aromatic rings. The lowest BCUT2D eigenvalue weighted by atomic mass is 10.1. The molecule has 164 valence electrons. The van der Waals surface area contributed by atoms with Gasteiger partial charge < -0.3 is 5.11 Å². The minimum Gasteiger partial charge on any atom is -0.395 e. The Balaban J connectivity index is 1.67. The van der Waals surface area contributed by atoms with Crippen molar-refractivity contribution in [1.29, 1.82) is 0 Å². The van der Waals surface area contributed by atoms with E-state index in [4.69, 9.17) is 5.14 Å². The molecule has 0 unspecified atom stereocenters. The van der Waals surface area contributed by atoms with E-state index in [1.54, 1.807) is 16.8 Å². The number of rotatable bonds is 7. The van der Waals surface area contributed by atoms with Crippen LogP contribution in [0.25, 0.3) is 5.69 Å². The summed E-state index contributed by atoms with van der Waals surface area (Å²) in [4.78, 5) is 6.53. The molecule has 1 aliphatic rings. The average molecular weight is 446 g/mol. The largest absolute Gasteiger partial charge is 0.395 e. The van der Waals surface area contributed by atoms with Crippen molar-refractivity contribution in [3.8, 4) is 5.69 Å². The monoisotopic (exact) mass is 445 g/mol. The number of aromatic nitrogens is 3. The number of aliphatic hydroxyl groups is 1. The molecule has 31 heavy (non-hydrogen) atoms. The molecule has 4 rings (SSSR count). The van der Waals surface area contributed by atoms with Gasteiger partial charge in [-0.2, -0.15) is 0 Å². The van der Waals surface area contributed by atoms with Gasteiger partial charge in [0, 0.05) is 19.0 Å². The Kier molecular flexibility index (Phi) is 6.15. The molecule has 1 fully saturated rings. The van der Waals surface area contributed by atoms with Crippen LogP contribution in [0.15, 0.2) is 59.5 Å². The van der Waals surface area contributed by atoms with Crippen LogP contribution in [0.4, 0.5) is 4.39 Å². The lowest BCUT2D eigenvalue weighted by Gasteiger charge is -2.20. The molecule has 10 heteroatoms. The van der Waals surface area contributed by atoms with Crippen LogP contribution in [0.1, 0.15) is 23.6 Å². The second kappa shape index (κ2) is 8.83. The van der Waals surface area contributed by atoms with Crippen LogP contribution in [0.5, 0.6) is 0 Å². The number of halogens is 1. The zero-order valence-corrected chi connectivity index (χ0v) is 17.6. The first kappa shape index (κ1) is 21.6. The summed E-state index contributed by atoms with van der Waals surface area (Å²) in [5.74, 6) is 1.18. The maximum Gasteiger partial charge on any atom is 0.238 e. The predicted octanol–water partition coefficient (Wildman–Crippen LogP) is 1.41. The number of hydrogen-bond acceptors (Lipinski definition) is 6. The van der Waals surface area contributed by atoms with Gasteiger partial charge in [0.15, 0.2) is 5.82 Å². The van der Waals surface area contributed by atoms with E-state index < -0.39 is 16.2 Å². The third-order valence-corrected chi connectivity index (χ3v) is 6.29. The quantitative estimate of drug-likeness (QED) is 0.568. The summed E-state index contributed by atoms with van der Waals surface area (Å²) >= 11 is 0. The summed E-state index contributed by atoms with van der Waals surface area (Å²) < 4.78 is 38.6. The Morgan fingerprint density at radius 2 is 1.84 bits per heavy atom. The van der Waals surface area contributed by atoms with Crippen LogP contribution in [-0.2, 0) is 23.0 Å². The molecule has 0 saturated carbocycles. The first-order valence-electron chi connectivity index (χ1n) is 9.94. The zero-order chi connectivity index (χ0) is 22.0. The van der Waals surface area contributed by atoms with Crippen molar-refractivity contribution in [3.05, 3.63) is 71.8 Å². The maximum absolute atomic E-state index is 13.8. The Hall–Kier alpha value is -2.66. The molecule has 3 N–H and O–H groups in total. The molecule has 2 atom stereocenters. The molecule has 1 aromatic heterocycles. The van der Waals surface area contributed by atoms with E-state index in [1.165, 1.54) is 12.1 Å². The molecule has 0 radical (unpaired) electrons. The Morgan fingerprint density at radius 1 is 1.13 bits per heavy atom. The van der Waals surface area contributed by atoms with Gasteiger partial charge in [-0.1, -0.05) is 30.3 Å². The van der Waals surface area contributed by atoms with Gasteiger partial charge in [-0.05, 0) is 36.2 Å². The van der Waals surface area contributed by atoms with Gasteiger partial charge in [0.05, 0.1) is 23.7 Å². The van der Waals surface area contributed by atoms with E-state index in [0.29, 0.717) is 36.7 Å². The molecule has 0 spiro atoms. The van der Waals surface area contributed by atoms with Gasteiger partial charge in [0.1, 0.15) is 12.0 Å². The predicted molar refractivity (Wildman–Crippen MR) is 113 cm³/mol. The van der Waals surface area contributed by atoms with Gasteiger partial charge in [-0.3, -0.25) is 4.90 Å². The van der Waals surface area contributed by atoms with Crippen LogP contribution in [0.3, 0.4) is 0 Å². The van der Waals surface area contributed by atoms with Gasteiger partial charge in [-0.25, -0.2) is 27.6 Å². The number of alkyl halides is 1. The zero-order valence-electron chi connectivity index (χ0n) is 16.8. The van der Waals surface area contributed by atoms with E-state index in [9.17, 15) is 17.9 Å². The lowest BCUT2D eigenvalue weighted by Crippen LogP contribution is -2.32. The topological polar surface area (TPSA) is 114 Å². The molecular weight excluding hydrogens is 421 g/mol. The van der Waals surface area contributed by atoms with Crippen LogP contribution in [-0.4, -0.2) is 58.6 Å². The Labute approximate surface area is 180 Å². The molecular formula is C21H24FN5O3S. The molecule has 8 nitrogen and oxygen atoms in total. The summed E-state index contributed by atoms with van der Waals surface area (Å²) in [5.41, 5.74) is 1.68. The number of likely N-dealkylation sites (tertiary alicyclic amines) is 1. The highest BCUT2D eigenvalue weighted by molar-refractivity contribution is 7.89. The third kappa shape index (κ3) is 4.99. The Bertz CT molecular complexity index is 1140. The Morgan fingerprint density at radius 3 is 2.48 bits per heavy atom. The number of sulfonamides is 1. The average Bonchev–Trinajstić information content (AvgIpc) is 3.30. The minimum atomic E-state index is -3.80. The van der Waals surface area contributed by atoms with Crippen LogP contribution in [0, 0.1) is 0 Å². The maximum atomic E-state index is 13.8. The van der Waals surface area contributed by atoms with Crippen LogP contribution in [0.2, 0.25) is 0 Å². The van der Waals surface area contributed by atoms with Crippen molar-refractivity contribution in [1.82, 2.24) is 19.7 Å². The van der Waals surface area contributed by atoms with Crippen LogP contribution < -0.4 is 5.14 Å². The highest BCUT2D eigenvalue weighted by Gasteiger charge is 2.32. The van der Waals surface area contributed by atoms with Crippen LogP contribution >= 0.6 is 0 Å². The molecule has 1 aliphatic heterocycles. The smallest absolute Gasteiger partial charge is 0.238 e. The first-order valence-corrected chi connectivity index (χ1v) is 11.5. The highest BCUT2D eigenvalue weighted by atomic mass is 32.2. The number of nitrogens with zero attached hydrogens (tertiary/aromatic N) is 4. The van der Waals surface area contributed by atoms with Gasteiger partial charge in [0.2, 0.25) is 10.0 Å². The summed E-state index contributed by atoms with van der Waals surface area (Å²) in [5, 5.41) is 19.3. The minimum absolute atomic E-state index is 0.0121.